The topological polar surface area (TPSA) is 416 Å². The zero-order valence-corrected chi connectivity index (χ0v) is 79.4. The number of hydrogen-bond acceptors (Lipinski definition) is 31. The number of piperidine rings is 3. The highest BCUT2D eigenvalue weighted by molar-refractivity contribution is 9.11. The second-order valence-electron chi connectivity index (χ2n) is 34.3. The van der Waals surface area contributed by atoms with E-state index in [0.717, 1.165) is 168 Å². The summed E-state index contributed by atoms with van der Waals surface area (Å²) in [5.74, 6) is 5.03. The Morgan fingerprint density at radius 1 is 0.476 bits per heavy atom. The number of ether oxygens (including phenoxy) is 9. The number of anilines is 3. The molecule has 2 amide bonds. The zero-order chi connectivity index (χ0) is 89.1. The number of nitrogens with zero attached hydrogens (tertiary/aromatic N) is 14. The van der Waals surface area contributed by atoms with Crippen LogP contribution < -0.4 is 50.9 Å². The number of fused-ring (bicyclic) bond motifs is 6. The van der Waals surface area contributed by atoms with Crippen LogP contribution in [0.15, 0.2) is 99.0 Å². The van der Waals surface area contributed by atoms with Crippen molar-refractivity contribution in [1.29, 1.82) is 0 Å². The standard InChI is InChI=1S/C29H39BrN6O4S.C23H27BrN6O4S.C20H23BrN6O2S.C13H22O5/c1-17(40-18(2)29(3,4)5)27(37)35-9-6-19(7-10-35)8-11-36-26-24(25(31)32-16-33-26)34-28(36)41-23-15-22-21(14-20(23)30)38-12-13-39-22;1-13(31)22(32)29-5-2-14(3-6-29)4-7-30-21-19(20(25)26-12-27-21)28-23(30)35-18-11-17-16(10-15(18)24)33-8-9-34-17;21-13-9-14-15(29-8-7-28-14)10-16(13)30-20-26-17-18(22)24-11-25-19(17)27(20)6-3-12-1-4-23-5-2-12;1-8(17-10(15)12(2,3)4)9(14)18-11(16)13(5,6)7/h14-19H,6-13H2,1-5H3,(H2,31,32,33);10-14,31H,2-9H2,1H3,(H2,25,26,27);9-12,23H,1-8H2,(H2,22,24,25);8H,1-7H3/t17-,18?;13-;;8-/m11.1/s1. The van der Waals surface area contributed by atoms with Crippen LogP contribution >= 0.6 is 83.1 Å². The second-order valence-corrected chi connectivity index (χ2v) is 39.9. The summed E-state index contributed by atoms with van der Waals surface area (Å²) >= 11 is 15.6. The van der Waals surface area contributed by atoms with Gasteiger partial charge in [-0.05, 0) is 247 Å². The average Bonchev–Trinajstić information content (AvgIpc) is 1.66. The number of aromatic nitrogens is 12. The number of esters is 3. The molecule has 4 atom stereocenters. The van der Waals surface area contributed by atoms with E-state index < -0.39 is 47.0 Å². The first-order valence-corrected chi connectivity index (χ1v) is 46.6. The molecular formula is C85H111Br3N18O15S3. The summed E-state index contributed by atoms with van der Waals surface area (Å²) in [4.78, 5) is 107. The van der Waals surface area contributed by atoms with E-state index in [4.69, 9.17) is 70.0 Å². The molecular weight excluding hydrogens is 1850 g/mol. The summed E-state index contributed by atoms with van der Waals surface area (Å²) in [7, 11) is 0. The molecule has 6 aliphatic rings. The lowest BCUT2D eigenvalue weighted by molar-refractivity contribution is -0.179. The van der Waals surface area contributed by atoms with Crippen LogP contribution in [0.1, 0.15) is 148 Å². The summed E-state index contributed by atoms with van der Waals surface area (Å²) in [5, 5.41) is 15.4. The van der Waals surface area contributed by atoms with Gasteiger partial charge in [-0.1, -0.05) is 56.1 Å². The molecule has 3 saturated heterocycles. The van der Waals surface area contributed by atoms with Gasteiger partial charge in [-0.15, -0.1) is 0 Å². The molecule has 9 aromatic rings. The molecule has 3 fully saturated rings. The number of halogens is 3. The fraction of sp³-hybridized carbons (Fsp3) is 0.553. The minimum absolute atomic E-state index is 0.00306. The number of likely N-dealkylation sites (tertiary alicyclic amines) is 2. The molecule has 124 heavy (non-hydrogen) atoms. The quantitative estimate of drug-likeness (QED) is 0.0329. The smallest absolute Gasteiger partial charge is 0.354 e. The van der Waals surface area contributed by atoms with Gasteiger partial charge in [-0.3, -0.25) is 19.2 Å². The van der Waals surface area contributed by atoms with Crippen molar-refractivity contribution in [2.75, 3.05) is 96.1 Å². The first-order chi connectivity index (χ1) is 58.9. The van der Waals surface area contributed by atoms with E-state index in [2.05, 4.69) is 122 Å². The van der Waals surface area contributed by atoms with E-state index >= 15 is 0 Å². The van der Waals surface area contributed by atoms with E-state index in [1.807, 2.05) is 55.1 Å². The number of hydrogen-bond donors (Lipinski definition) is 5. The van der Waals surface area contributed by atoms with Crippen LogP contribution in [0.3, 0.4) is 0 Å². The summed E-state index contributed by atoms with van der Waals surface area (Å²) in [5.41, 5.74) is 21.0. The van der Waals surface area contributed by atoms with Crippen molar-refractivity contribution in [3.05, 3.63) is 68.8 Å². The van der Waals surface area contributed by atoms with Gasteiger partial charge in [0.1, 0.15) is 70.8 Å². The van der Waals surface area contributed by atoms with Gasteiger partial charge in [0.15, 0.2) is 107 Å². The summed E-state index contributed by atoms with van der Waals surface area (Å²) in [6, 6.07) is 11.7. The number of carbonyl (C=O) groups excluding carboxylic acids is 5. The van der Waals surface area contributed by atoms with Gasteiger partial charge in [-0.25, -0.2) is 49.7 Å². The Balaban J connectivity index is 0.000000156. The van der Waals surface area contributed by atoms with Crippen molar-refractivity contribution in [1.82, 2.24) is 73.7 Å². The summed E-state index contributed by atoms with van der Waals surface area (Å²) in [6.07, 6.45) is 11.0. The van der Waals surface area contributed by atoms with E-state index in [1.54, 1.807) is 58.2 Å². The molecule has 6 aromatic heterocycles. The predicted molar refractivity (Wildman–Crippen MR) is 482 cm³/mol. The Morgan fingerprint density at radius 2 is 0.798 bits per heavy atom. The molecule has 15 rings (SSSR count). The van der Waals surface area contributed by atoms with E-state index in [0.29, 0.717) is 122 Å². The lowest BCUT2D eigenvalue weighted by Crippen LogP contribution is -2.45. The van der Waals surface area contributed by atoms with Crippen molar-refractivity contribution >= 4 is 164 Å². The van der Waals surface area contributed by atoms with Crippen LogP contribution in [0.2, 0.25) is 0 Å². The van der Waals surface area contributed by atoms with Gasteiger partial charge >= 0.3 is 17.9 Å². The fourth-order valence-corrected chi connectivity index (χ4v) is 18.6. The van der Waals surface area contributed by atoms with Crippen molar-refractivity contribution < 1.29 is 71.7 Å². The summed E-state index contributed by atoms with van der Waals surface area (Å²) < 4.78 is 59.1. The van der Waals surface area contributed by atoms with Crippen LogP contribution in [0, 0.1) is 34.0 Å². The molecule has 3 aromatic carbocycles. The lowest BCUT2D eigenvalue weighted by atomic mass is 9.90. The van der Waals surface area contributed by atoms with Gasteiger partial charge in [0.25, 0.3) is 11.8 Å². The normalized spacial score (nSPS) is 16.7. The Labute approximate surface area is 759 Å². The SMILES string of the molecule is CC(O[C@H](C)C(=O)N1CCC(CCn2c(Sc3cc4c(cc3Br)OCCO4)nc3c(N)ncnc32)CC1)C(C)(C)C.C[C@@H](O)C(=O)N1CCC(CCn2c(Sc3cc4c(cc3Br)OCCO4)nc3c(N)ncnc32)CC1.C[C@@H](OC(=O)C(C)(C)C)C(=O)OC(=O)C(C)(C)C.Nc1ncnc2c1nc(Sc1cc3c(cc1Br)OCCO3)n2CCC1CCNCC1. The highest BCUT2D eigenvalue weighted by Gasteiger charge is 2.36. The van der Waals surface area contributed by atoms with Crippen LogP contribution in [0.25, 0.3) is 33.5 Å². The highest BCUT2D eigenvalue weighted by Crippen LogP contribution is 2.47. The van der Waals surface area contributed by atoms with Gasteiger partial charge in [0, 0.05) is 73.9 Å². The van der Waals surface area contributed by atoms with E-state index in [9.17, 15) is 29.1 Å². The second kappa shape index (κ2) is 41.9. The van der Waals surface area contributed by atoms with Crippen molar-refractivity contribution in [3.63, 3.8) is 0 Å². The van der Waals surface area contributed by atoms with Crippen LogP contribution in [0.4, 0.5) is 17.5 Å². The molecule has 670 valence electrons. The Kier molecular flexibility index (Phi) is 32.0. The number of nitrogens with one attached hydrogen (secondary N) is 1. The number of aliphatic hydroxyl groups excluding tert-OH is 1. The molecule has 0 radical (unpaired) electrons. The predicted octanol–water partition coefficient (Wildman–Crippen LogP) is 14.2. The molecule has 0 bridgehead atoms. The maximum Gasteiger partial charge on any atom is 0.354 e. The molecule has 6 aliphatic heterocycles. The molecule has 8 N–H and O–H groups in total. The van der Waals surface area contributed by atoms with Gasteiger partial charge in [-0.2, -0.15) is 0 Å². The van der Waals surface area contributed by atoms with E-state index in [-0.39, 0.29) is 23.3 Å². The minimum atomic E-state index is -1.09. The third-order valence-electron chi connectivity index (χ3n) is 21.9. The Morgan fingerprint density at radius 3 is 1.12 bits per heavy atom. The van der Waals surface area contributed by atoms with Gasteiger partial charge in [0.2, 0.25) is 0 Å². The minimum Gasteiger partial charge on any atom is -0.486 e. The maximum atomic E-state index is 13.1. The third kappa shape index (κ3) is 24.2. The van der Waals surface area contributed by atoms with Gasteiger partial charge < -0.3 is 93.8 Å². The molecule has 0 spiro atoms. The first kappa shape index (κ1) is 94.6. The number of carbonyl (C=O) groups is 5. The lowest BCUT2D eigenvalue weighted by Gasteiger charge is -2.35. The van der Waals surface area contributed by atoms with Crippen LogP contribution in [-0.4, -0.2) is 207 Å². The van der Waals surface area contributed by atoms with E-state index in [1.165, 1.54) is 69.2 Å². The number of nitrogens with two attached hydrogens (primary N) is 3. The number of imidazole rings is 3. The monoisotopic (exact) mass is 1960 g/mol. The maximum absolute atomic E-state index is 13.1. The molecule has 0 aliphatic carbocycles. The Bertz CT molecular complexity index is 5290. The van der Waals surface area contributed by atoms with Crippen molar-refractivity contribution in [2.45, 2.75) is 222 Å². The third-order valence-corrected chi connectivity index (χ3v) is 27.8. The number of amides is 2. The number of rotatable bonds is 21. The van der Waals surface area contributed by atoms with Crippen molar-refractivity contribution in [2.24, 2.45) is 34.0 Å². The fourth-order valence-electron chi connectivity index (χ4n) is 14.1. The largest absolute Gasteiger partial charge is 0.486 e. The highest BCUT2D eigenvalue weighted by atomic mass is 79.9. The number of aliphatic hydroxyl groups is 1. The van der Waals surface area contributed by atoms with Crippen molar-refractivity contribution in [3.8, 4) is 34.5 Å². The zero-order valence-electron chi connectivity index (χ0n) is 72.2. The molecule has 33 nitrogen and oxygen atoms in total. The van der Waals surface area contributed by atoms with Crippen LogP contribution in [-0.2, 0) is 57.8 Å². The molecule has 1 unspecified atom stereocenters. The number of aryl methyl sites for hydroxylation is 3. The van der Waals surface area contributed by atoms with Crippen LogP contribution in [0.5, 0.6) is 34.5 Å². The van der Waals surface area contributed by atoms with Gasteiger partial charge in [0.05, 0.1) is 16.9 Å². The summed E-state index contributed by atoms with van der Waals surface area (Å²) in [6.45, 7) is 33.6. The molecule has 0 saturated carbocycles. The Hall–Kier alpha value is -8.57. The first-order valence-electron chi connectivity index (χ1n) is 41.8. The molecule has 39 heteroatoms. The average molecular weight is 1960 g/mol. The number of nitrogen functional groups attached to an aromatic ring is 3. The number of benzene rings is 3. The molecule has 12 heterocycles.